The minimum absolute atomic E-state index is 0.0514. The van der Waals surface area contributed by atoms with E-state index in [1.807, 2.05) is 0 Å². The van der Waals surface area contributed by atoms with Crippen molar-refractivity contribution >= 4 is 11.9 Å². The van der Waals surface area contributed by atoms with Gasteiger partial charge in [-0.2, -0.15) is 0 Å². The van der Waals surface area contributed by atoms with Crippen LogP contribution in [0.1, 0.15) is 239 Å². The van der Waals surface area contributed by atoms with Gasteiger partial charge in [0.1, 0.15) is 6.61 Å². The molecule has 0 saturated heterocycles. The lowest BCUT2D eigenvalue weighted by molar-refractivity contribution is -0.163. The lowest BCUT2D eigenvalue weighted by Crippen LogP contribution is -2.30. The van der Waals surface area contributed by atoms with Crippen LogP contribution in [0.5, 0.6) is 0 Å². The summed E-state index contributed by atoms with van der Waals surface area (Å²) < 4.78 is 17.4. The van der Waals surface area contributed by atoms with E-state index in [1.165, 1.54) is 89.9 Å². The summed E-state index contributed by atoms with van der Waals surface area (Å²) in [6.45, 7) is 7.50. The molecule has 0 aliphatic carbocycles. The Balaban J connectivity index is 4.38. The Hall–Kier alpha value is -3.70. The van der Waals surface area contributed by atoms with Gasteiger partial charge in [0.25, 0.3) is 0 Å². The molecule has 1 atom stereocenters. The molecule has 0 fully saturated rings. The molecule has 68 heavy (non-hydrogen) atoms. The molecule has 0 aromatic rings. The number of allylic oxidation sites excluding steroid dienone is 20. The van der Waals surface area contributed by atoms with Crippen molar-refractivity contribution in [2.45, 2.75) is 245 Å². The zero-order chi connectivity index (χ0) is 49.2. The van der Waals surface area contributed by atoms with E-state index in [2.05, 4.69) is 142 Å². The Morgan fingerprint density at radius 3 is 1.09 bits per heavy atom. The molecule has 0 rings (SSSR count). The van der Waals surface area contributed by atoms with E-state index in [-0.39, 0.29) is 25.2 Å². The van der Waals surface area contributed by atoms with Crippen LogP contribution in [0.3, 0.4) is 0 Å². The molecule has 0 aliphatic heterocycles. The van der Waals surface area contributed by atoms with Gasteiger partial charge in [0.05, 0.1) is 6.61 Å². The molecule has 0 radical (unpaired) electrons. The Labute approximate surface area is 420 Å². The molecule has 5 nitrogen and oxygen atoms in total. The number of carbonyl (C=O) groups is 2. The first kappa shape index (κ1) is 64.3. The highest BCUT2D eigenvalue weighted by Gasteiger charge is 2.17. The molecule has 0 aromatic heterocycles. The molecule has 1 unspecified atom stereocenters. The van der Waals surface area contributed by atoms with Crippen molar-refractivity contribution in [1.82, 2.24) is 0 Å². The van der Waals surface area contributed by atoms with Gasteiger partial charge >= 0.3 is 11.9 Å². The largest absolute Gasteiger partial charge is 0.462 e. The third-order valence-corrected chi connectivity index (χ3v) is 11.5. The van der Waals surface area contributed by atoms with Gasteiger partial charge in [0.2, 0.25) is 0 Å². The SMILES string of the molecule is CC/C=C\C/C=C\C/C=C\C/C=C\CCCCCCCCC(=O)OCC(COCCCCCCCCCC/C=C\C/C=C\CCCCC)OC(=O)CCCC/C=C\C/C=C\C/C=C\C/C=C\CC. The van der Waals surface area contributed by atoms with Crippen molar-refractivity contribution in [3.63, 3.8) is 0 Å². The summed E-state index contributed by atoms with van der Waals surface area (Å²) in [5.74, 6) is -0.469. The van der Waals surface area contributed by atoms with Gasteiger partial charge in [-0.25, -0.2) is 0 Å². The van der Waals surface area contributed by atoms with Crippen LogP contribution in [-0.2, 0) is 23.8 Å². The van der Waals surface area contributed by atoms with E-state index in [1.54, 1.807) is 0 Å². The molecule has 0 bridgehead atoms. The quantitative estimate of drug-likeness (QED) is 0.0345. The maximum atomic E-state index is 12.8. The van der Waals surface area contributed by atoms with Gasteiger partial charge < -0.3 is 14.2 Å². The van der Waals surface area contributed by atoms with E-state index in [0.29, 0.717) is 19.4 Å². The van der Waals surface area contributed by atoms with Crippen molar-refractivity contribution in [3.05, 3.63) is 122 Å². The van der Waals surface area contributed by atoms with Crippen molar-refractivity contribution in [2.24, 2.45) is 0 Å². The summed E-state index contributed by atoms with van der Waals surface area (Å²) in [5, 5.41) is 0. The van der Waals surface area contributed by atoms with Crippen molar-refractivity contribution in [2.75, 3.05) is 19.8 Å². The number of esters is 2. The molecule has 0 heterocycles. The summed E-state index contributed by atoms with van der Waals surface area (Å²) >= 11 is 0. The highest BCUT2D eigenvalue weighted by atomic mass is 16.6. The number of unbranched alkanes of at least 4 members (excludes halogenated alkanes) is 19. The maximum absolute atomic E-state index is 12.8. The van der Waals surface area contributed by atoms with Crippen LogP contribution in [0.2, 0.25) is 0 Å². The third-order valence-electron chi connectivity index (χ3n) is 11.5. The van der Waals surface area contributed by atoms with E-state index < -0.39 is 6.10 Å². The average molecular weight is 942 g/mol. The van der Waals surface area contributed by atoms with Crippen molar-refractivity contribution in [3.8, 4) is 0 Å². The zero-order valence-electron chi connectivity index (χ0n) is 44.3. The minimum Gasteiger partial charge on any atom is -0.462 e. The van der Waals surface area contributed by atoms with Gasteiger partial charge in [-0.1, -0.05) is 219 Å². The Morgan fingerprint density at radius 2 is 0.662 bits per heavy atom. The first-order valence-corrected chi connectivity index (χ1v) is 28.1. The molecule has 0 aromatic carbocycles. The van der Waals surface area contributed by atoms with Gasteiger partial charge in [0.15, 0.2) is 6.10 Å². The van der Waals surface area contributed by atoms with E-state index in [0.717, 1.165) is 116 Å². The predicted molar refractivity (Wildman–Crippen MR) is 297 cm³/mol. The molecule has 386 valence electrons. The third kappa shape index (κ3) is 54.9. The molecule has 5 heteroatoms. The highest BCUT2D eigenvalue weighted by Crippen LogP contribution is 2.13. The van der Waals surface area contributed by atoms with Crippen LogP contribution < -0.4 is 0 Å². The van der Waals surface area contributed by atoms with E-state index >= 15 is 0 Å². The molecule has 0 amide bonds. The molecule has 0 saturated carbocycles. The standard InChI is InChI=1S/C63H104O5/c1-4-7-10-13-16-19-22-25-28-30-32-33-36-38-41-44-47-50-53-56-62(64)67-60-61(68-63(65)57-54-51-48-45-42-39-35-27-24-21-18-15-12-9-6-3)59-66-58-55-52-49-46-43-40-37-34-31-29-26-23-20-17-14-11-8-5-2/h7,9-10,12,16-21,25-29,32-33,35,42,45,61H,4-6,8,11,13-15,22-24,30-31,34,36-41,43-44,46-60H2,1-3H3/b10-7-,12-9-,19-16-,20-17-,21-18-,28-25-,29-26-,33-32-,35-27-,45-42-. The van der Waals surface area contributed by atoms with Crippen LogP contribution in [-0.4, -0.2) is 37.9 Å². The van der Waals surface area contributed by atoms with Gasteiger partial charge in [-0.3, -0.25) is 9.59 Å². The van der Waals surface area contributed by atoms with E-state index in [4.69, 9.17) is 14.2 Å². The van der Waals surface area contributed by atoms with Crippen LogP contribution in [0.4, 0.5) is 0 Å². The molecular formula is C63H104O5. The number of hydrogen-bond acceptors (Lipinski definition) is 5. The summed E-state index contributed by atoms with van der Waals surface area (Å²) in [6, 6.07) is 0. The highest BCUT2D eigenvalue weighted by molar-refractivity contribution is 5.70. The van der Waals surface area contributed by atoms with Crippen LogP contribution in [0.15, 0.2) is 122 Å². The summed E-state index contributed by atoms with van der Waals surface area (Å²) in [4.78, 5) is 25.5. The van der Waals surface area contributed by atoms with Crippen LogP contribution >= 0.6 is 0 Å². The number of hydrogen-bond donors (Lipinski definition) is 0. The number of carbonyl (C=O) groups excluding carboxylic acids is 2. The summed E-state index contributed by atoms with van der Waals surface area (Å²) in [6.07, 6.45) is 80.7. The molecule has 0 N–H and O–H groups in total. The second-order valence-electron chi connectivity index (χ2n) is 18.1. The normalized spacial score (nSPS) is 13.2. The van der Waals surface area contributed by atoms with Crippen LogP contribution in [0, 0.1) is 0 Å². The van der Waals surface area contributed by atoms with Gasteiger partial charge in [-0.15, -0.1) is 0 Å². The Bertz CT molecular complexity index is 1390. The van der Waals surface area contributed by atoms with Crippen molar-refractivity contribution < 1.29 is 23.8 Å². The monoisotopic (exact) mass is 941 g/mol. The fourth-order valence-corrected chi connectivity index (χ4v) is 7.34. The second-order valence-corrected chi connectivity index (χ2v) is 18.1. The summed E-state index contributed by atoms with van der Waals surface area (Å²) in [5.41, 5.74) is 0. The number of ether oxygens (including phenoxy) is 3. The van der Waals surface area contributed by atoms with Gasteiger partial charge in [0, 0.05) is 19.4 Å². The number of rotatable bonds is 50. The second kappa shape index (κ2) is 57.6. The lowest BCUT2D eigenvalue weighted by Gasteiger charge is -2.18. The predicted octanol–water partition coefficient (Wildman–Crippen LogP) is 19.3. The smallest absolute Gasteiger partial charge is 0.306 e. The van der Waals surface area contributed by atoms with Crippen LogP contribution in [0.25, 0.3) is 0 Å². The molecule has 0 spiro atoms. The Morgan fingerprint density at radius 1 is 0.338 bits per heavy atom. The van der Waals surface area contributed by atoms with Gasteiger partial charge in [-0.05, 0) is 128 Å². The first-order valence-electron chi connectivity index (χ1n) is 28.1. The van der Waals surface area contributed by atoms with E-state index in [9.17, 15) is 9.59 Å². The summed E-state index contributed by atoms with van der Waals surface area (Å²) in [7, 11) is 0. The first-order chi connectivity index (χ1) is 33.6. The Kier molecular flexibility index (Phi) is 54.5. The fourth-order valence-electron chi connectivity index (χ4n) is 7.34. The fraction of sp³-hybridized carbons (Fsp3) is 0.651. The lowest BCUT2D eigenvalue weighted by atomic mass is 10.1. The maximum Gasteiger partial charge on any atom is 0.306 e. The molecule has 0 aliphatic rings. The minimum atomic E-state index is -0.576. The van der Waals surface area contributed by atoms with Crippen molar-refractivity contribution in [1.29, 1.82) is 0 Å². The average Bonchev–Trinajstić information content (AvgIpc) is 3.34. The topological polar surface area (TPSA) is 61.8 Å². The zero-order valence-corrected chi connectivity index (χ0v) is 44.3. The molecular weight excluding hydrogens is 837 g/mol.